The van der Waals surface area contributed by atoms with Gasteiger partial charge in [0.05, 0.1) is 0 Å². The molecule has 0 aromatic rings. The van der Waals surface area contributed by atoms with E-state index in [-0.39, 0.29) is 127 Å². The van der Waals surface area contributed by atoms with Gasteiger partial charge in [0, 0.05) is 0 Å². The quantitative estimate of drug-likeness (QED) is 0.439. The Morgan fingerprint density at radius 2 is 1.25 bits per heavy atom. The van der Waals surface area contributed by atoms with Gasteiger partial charge in [-0.3, -0.25) is 4.46 Å². The Balaban J connectivity index is -0.00000000750. The second-order valence-corrected chi connectivity index (χ2v) is 0.848. The van der Waals surface area contributed by atoms with Crippen molar-refractivity contribution in [1.82, 2.24) is 0 Å². The number of hydrogen-bond acceptors (Lipinski definition) is 1. The van der Waals surface area contributed by atoms with E-state index in [1.54, 1.807) is 0 Å². The summed E-state index contributed by atoms with van der Waals surface area (Å²) in [7, 11) is -3.13. The summed E-state index contributed by atoms with van der Waals surface area (Å²) < 4.78 is 8.74. The molecule has 0 saturated heterocycles. The normalized spacial score (nSPS) is 3.00. The standard InChI is InChI=1S/Al.Ba.Ca.Mg.H2O3Si.9H/c;;;;1-4(2)3;;;;;;;;;/h;;;;1-2H;;;;;;;;;. The molecule has 0 amide bonds. The van der Waals surface area contributed by atoms with Gasteiger partial charge in [-0.15, -0.1) is 0 Å². The Bertz CT molecular complexity index is 42.3. The van der Waals surface area contributed by atoms with Gasteiger partial charge in [-0.25, -0.2) is 0 Å². The summed E-state index contributed by atoms with van der Waals surface area (Å²) in [4.78, 5) is 14.3. The molecule has 8 heavy (non-hydrogen) atoms. The first-order valence-electron chi connectivity index (χ1n) is 0.651. The van der Waals surface area contributed by atoms with Crippen molar-refractivity contribution in [3.05, 3.63) is 0 Å². The van der Waals surface area contributed by atoms with Crippen LogP contribution >= 0.6 is 0 Å². The predicted molar refractivity (Wildman–Crippen MR) is 46.4 cm³/mol. The van der Waals surface area contributed by atoms with Crippen LogP contribution in [-0.2, 0) is 4.46 Å². The van der Waals surface area contributed by atoms with Crippen molar-refractivity contribution >= 4 is 136 Å². The van der Waals surface area contributed by atoms with Gasteiger partial charge < -0.3 is 9.59 Å². The van der Waals surface area contributed by atoms with Gasteiger partial charge >= 0.3 is 119 Å². The van der Waals surface area contributed by atoms with Crippen LogP contribution in [0.3, 0.4) is 0 Å². The van der Waals surface area contributed by atoms with E-state index < -0.39 is 9.17 Å². The Kier molecular flexibility index (Phi) is 83.6. The fourth-order valence-electron chi connectivity index (χ4n) is 0. The molecule has 0 saturated carbocycles. The smallest absolute Gasteiger partial charge is 0.316 e. The molecular weight excluding hydrogens is 305 g/mol. The van der Waals surface area contributed by atoms with Gasteiger partial charge in [0.25, 0.3) is 0 Å². The molecule has 0 rings (SSSR count). The SMILES string of the molecule is O=[Si](O)O.[AlH3].[BaH2].[CaH2].[MgH2]. The molecule has 0 fully saturated rings. The van der Waals surface area contributed by atoms with Crippen LogP contribution < -0.4 is 0 Å². The van der Waals surface area contributed by atoms with Crippen LogP contribution in [0.25, 0.3) is 0 Å². The molecule has 0 aromatic carbocycles. The molecule has 0 aliphatic rings. The van der Waals surface area contributed by atoms with Crippen LogP contribution in [0.2, 0.25) is 0 Å². The topological polar surface area (TPSA) is 57.5 Å². The van der Waals surface area contributed by atoms with Gasteiger partial charge in [0.15, 0.2) is 17.4 Å². The number of rotatable bonds is 0. The fraction of sp³-hybridized carbons (Fsp3) is 0. The zero-order valence-corrected chi connectivity index (χ0v) is 2.80. The minimum Gasteiger partial charge on any atom is 0.316 e. The maximum Gasteiger partial charge on any atom is 0.316 e. The van der Waals surface area contributed by atoms with Crippen LogP contribution in [0.4, 0.5) is 0 Å². The van der Waals surface area contributed by atoms with E-state index in [9.17, 15) is 0 Å². The molecule has 8 heteroatoms. The molecule has 0 radical (unpaired) electrons. The van der Waals surface area contributed by atoms with Crippen molar-refractivity contribution in [3.8, 4) is 0 Å². The van der Waals surface area contributed by atoms with E-state index in [2.05, 4.69) is 0 Å². The van der Waals surface area contributed by atoms with Crippen molar-refractivity contribution in [2.45, 2.75) is 0 Å². The molecule has 42 valence electrons. The maximum absolute atomic E-state index is 8.74. The first kappa shape index (κ1) is 29.8. The fourth-order valence-corrected chi connectivity index (χ4v) is 0. The summed E-state index contributed by atoms with van der Waals surface area (Å²) in [5.74, 6) is 0. The molecule has 2 N–H and O–H groups in total. The summed E-state index contributed by atoms with van der Waals surface area (Å²) in [6.45, 7) is 0. The van der Waals surface area contributed by atoms with E-state index >= 15 is 0 Å². The van der Waals surface area contributed by atoms with Crippen LogP contribution in [0.1, 0.15) is 0 Å². The van der Waals surface area contributed by atoms with Crippen molar-refractivity contribution in [1.29, 1.82) is 0 Å². The molecule has 0 aliphatic heterocycles. The Labute approximate surface area is 146 Å². The van der Waals surface area contributed by atoms with Gasteiger partial charge in [-0.2, -0.15) is 0 Å². The van der Waals surface area contributed by atoms with Crippen LogP contribution in [0.5, 0.6) is 0 Å². The van der Waals surface area contributed by atoms with Crippen molar-refractivity contribution in [3.63, 3.8) is 0 Å². The van der Waals surface area contributed by atoms with Gasteiger partial charge in [-0.1, -0.05) is 0 Å². The van der Waals surface area contributed by atoms with Gasteiger partial charge in [0.2, 0.25) is 0 Å². The van der Waals surface area contributed by atoms with E-state index in [1.807, 2.05) is 0 Å². The van der Waals surface area contributed by atoms with Crippen LogP contribution in [0, 0.1) is 0 Å². The van der Waals surface area contributed by atoms with E-state index in [1.165, 1.54) is 0 Å². The summed E-state index contributed by atoms with van der Waals surface area (Å²) in [6.07, 6.45) is 0. The van der Waals surface area contributed by atoms with Crippen molar-refractivity contribution in [2.75, 3.05) is 0 Å². The van der Waals surface area contributed by atoms with Gasteiger partial charge in [0.1, 0.15) is 0 Å². The third-order valence-electron chi connectivity index (χ3n) is 0. The summed E-state index contributed by atoms with van der Waals surface area (Å²) in [5, 5.41) is 0. The largest absolute Gasteiger partial charge is 0.316 e. The van der Waals surface area contributed by atoms with Crippen molar-refractivity contribution in [2.24, 2.45) is 0 Å². The minimum atomic E-state index is -3.13. The second-order valence-electron chi connectivity index (χ2n) is 0.283. The Morgan fingerprint density at radius 1 is 1.25 bits per heavy atom. The predicted octanol–water partition coefficient (Wildman–Crippen LogP) is -5.55. The zero-order chi connectivity index (χ0) is 3.58. The first-order valence-corrected chi connectivity index (χ1v) is 1.95. The summed E-state index contributed by atoms with van der Waals surface area (Å²) >= 11 is 0. The molecule has 3 nitrogen and oxygen atoms in total. The third kappa shape index (κ3) is 53.1. The Morgan fingerprint density at radius 3 is 1.25 bits per heavy atom. The average molecular weight is 316 g/mol. The molecule has 0 bridgehead atoms. The number of hydrogen-bond donors (Lipinski definition) is 2. The van der Waals surface area contributed by atoms with Crippen molar-refractivity contribution < 1.29 is 14.1 Å². The summed E-state index contributed by atoms with van der Waals surface area (Å²) in [5.41, 5.74) is 0. The molecule has 0 aromatic heterocycles. The maximum atomic E-state index is 8.74. The Hall–Kier alpha value is 3.75. The van der Waals surface area contributed by atoms with E-state index in [0.717, 1.165) is 0 Å². The molecular formula is H11AlBaCaMgO3Si. The van der Waals surface area contributed by atoms with Gasteiger partial charge in [-0.05, 0) is 0 Å². The zero-order valence-electron chi connectivity index (χ0n) is 1.80. The second kappa shape index (κ2) is 22.4. The molecule has 0 aliphatic carbocycles. The molecule has 0 unspecified atom stereocenters. The first-order chi connectivity index (χ1) is 1.73. The van der Waals surface area contributed by atoms with Crippen LogP contribution in [0.15, 0.2) is 0 Å². The van der Waals surface area contributed by atoms with E-state index in [4.69, 9.17) is 14.1 Å². The molecule has 0 atom stereocenters. The van der Waals surface area contributed by atoms with E-state index in [0.29, 0.717) is 0 Å². The van der Waals surface area contributed by atoms with Crippen LogP contribution in [-0.4, -0.2) is 146 Å². The average Bonchev–Trinajstić information content (AvgIpc) is 0.811. The molecule has 0 heterocycles. The monoisotopic (exact) mass is 316 g/mol. The summed E-state index contributed by atoms with van der Waals surface area (Å²) in [6, 6.07) is 0. The minimum absolute atomic E-state index is 0. The molecule has 0 spiro atoms. The third-order valence-corrected chi connectivity index (χ3v) is 0.